The lowest BCUT2D eigenvalue weighted by Gasteiger charge is -2.27. The van der Waals surface area contributed by atoms with Gasteiger partial charge in [-0.05, 0) is 36.6 Å². The Kier molecular flexibility index (Phi) is 5.05. The fourth-order valence-corrected chi connectivity index (χ4v) is 4.44. The smallest absolute Gasteiger partial charge is 0.348 e. The Hall–Kier alpha value is -1.77. The number of thiophene rings is 1. The van der Waals surface area contributed by atoms with Crippen LogP contribution < -0.4 is 0 Å². The Balaban J connectivity index is 1.74. The Labute approximate surface area is 168 Å². The third-order valence-corrected chi connectivity index (χ3v) is 6.62. The second-order valence-electron chi connectivity index (χ2n) is 6.58. The molecule has 27 heavy (non-hydrogen) atoms. The highest BCUT2D eigenvalue weighted by Crippen LogP contribution is 2.30. The molecule has 0 N–H and O–H groups in total. The van der Waals surface area contributed by atoms with Gasteiger partial charge in [0.1, 0.15) is 21.3 Å². The molecule has 8 heteroatoms. The van der Waals surface area contributed by atoms with Gasteiger partial charge in [0.25, 0.3) is 0 Å². The van der Waals surface area contributed by atoms with Crippen molar-refractivity contribution in [3.05, 3.63) is 50.3 Å². The Morgan fingerprint density at radius 2 is 2.26 bits per heavy atom. The third-order valence-electron chi connectivity index (χ3n) is 4.77. The third kappa shape index (κ3) is 3.53. The fourth-order valence-electron chi connectivity index (χ4n) is 3.16. The van der Waals surface area contributed by atoms with E-state index in [4.69, 9.17) is 9.47 Å². The van der Waals surface area contributed by atoms with Crippen LogP contribution in [0.25, 0.3) is 10.3 Å². The molecule has 1 fully saturated rings. The van der Waals surface area contributed by atoms with Gasteiger partial charge in [0.2, 0.25) is 0 Å². The van der Waals surface area contributed by atoms with Crippen molar-refractivity contribution in [3.63, 3.8) is 0 Å². The van der Waals surface area contributed by atoms with Gasteiger partial charge in [0.05, 0.1) is 25.3 Å². The monoisotopic (exact) mass is 452 g/mol. The highest BCUT2D eigenvalue weighted by Gasteiger charge is 2.24. The SMILES string of the molecule is COC(=O)c1cc2c(nc(Cc3cc(C)c(Br)cc3F)n2C[C@@H]2CCO2)s1. The molecule has 1 saturated heterocycles. The van der Waals surface area contributed by atoms with E-state index in [1.807, 2.05) is 17.6 Å². The van der Waals surface area contributed by atoms with Crippen molar-refractivity contribution >= 4 is 43.6 Å². The number of carbonyl (C=O) groups is 1. The van der Waals surface area contributed by atoms with Crippen LogP contribution in [0.5, 0.6) is 0 Å². The van der Waals surface area contributed by atoms with Gasteiger partial charge in [-0.1, -0.05) is 22.0 Å². The summed E-state index contributed by atoms with van der Waals surface area (Å²) in [5.74, 6) is 0.130. The molecule has 0 radical (unpaired) electrons. The van der Waals surface area contributed by atoms with Crippen molar-refractivity contribution in [2.45, 2.75) is 32.4 Å². The standard InChI is InChI=1S/C19H18BrFN2O3S/c1-10-5-11(14(21)7-13(10)20)6-17-22-18-15(8-16(27-18)19(24)25-2)23(17)9-12-3-4-26-12/h5,7-8,12H,3-4,6,9H2,1-2H3/t12-/m0/s1. The number of esters is 1. The average Bonchev–Trinajstić information content (AvgIpc) is 3.13. The van der Waals surface area contributed by atoms with Gasteiger partial charge in [-0.15, -0.1) is 11.3 Å². The Bertz CT molecular complexity index is 1030. The first-order valence-electron chi connectivity index (χ1n) is 8.59. The normalized spacial score (nSPS) is 16.5. The fraction of sp³-hybridized carbons (Fsp3) is 0.368. The summed E-state index contributed by atoms with van der Waals surface area (Å²) in [6.45, 7) is 3.33. The van der Waals surface area contributed by atoms with Gasteiger partial charge in [-0.2, -0.15) is 0 Å². The second-order valence-corrected chi connectivity index (χ2v) is 8.47. The molecular weight excluding hydrogens is 435 g/mol. The summed E-state index contributed by atoms with van der Waals surface area (Å²) in [5.41, 5.74) is 2.43. The topological polar surface area (TPSA) is 53.3 Å². The van der Waals surface area contributed by atoms with Crippen LogP contribution in [0.15, 0.2) is 22.7 Å². The molecule has 4 rings (SSSR count). The lowest BCUT2D eigenvalue weighted by molar-refractivity contribution is -0.0589. The first-order valence-corrected chi connectivity index (χ1v) is 10.2. The molecule has 1 aliphatic rings. The molecule has 1 aliphatic heterocycles. The maximum Gasteiger partial charge on any atom is 0.348 e. The van der Waals surface area contributed by atoms with E-state index in [1.54, 1.807) is 6.07 Å². The zero-order chi connectivity index (χ0) is 19.1. The molecule has 5 nitrogen and oxygen atoms in total. The van der Waals surface area contributed by atoms with Crippen molar-refractivity contribution in [2.24, 2.45) is 0 Å². The summed E-state index contributed by atoms with van der Waals surface area (Å²) >= 11 is 4.65. The van der Waals surface area contributed by atoms with Gasteiger partial charge in [0.15, 0.2) is 0 Å². The van der Waals surface area contributed by atoms with E-state index >= 15 is 0 Å². The van der Waals surface area contributed by atoms with Crippen molar-refractivity contribution in [2.75, 3.05) is 13.7 Å². The highest BCUT2D eigenvalue weighted by atomic mass is 79.9. The van der Waals surface area contributed by atoms with Crippen molar-refractivity contribution in [1.82, 2.24) is 9.55 Å². The summed E-state index contributed by atoms with van der Waals surface area (Å²) < 4.78 is 27.6. The molecule has 0 saturated carbocycles. The van der Waals surface area contributed by atoms with Crippen LogP contribution in [0.3, 0.4) is 0 Å². The molecule has 3 heterocycles. The molecule has 142 valence electrons. The van der Waals surface area contributed by atoms with E-state index in [0.29, 0.717) is 23.4 Å². The zero-order valence-electron chi connectivity index (χ0n) is 14.9. The van der Waals surface area contributed by atoms with E-state index in [1.165, 1.54) is 24.5 Å². The van der Waals surface area contributed by atoms with Crippen LogP contribution >= 0.6 is 27.3 Å². The van der Waals surface area contributed by atoms with E-state index < -0.39 is 0 Å². The molecule has 0 amide bonds. The number of ether oxygens (including phenoxy) is 2. The van der Waals surface area contributed by atoms with Gasteiger partial charge in [-0.3, -0.25) is 0 Å². The van der Waals surface area contributed by atoms with Crippen LogP contribution in [0.2, 0.25) is 0 Å². The van der Waals surface area contributed by atoms with Gasteiger partial charge in [0, 0.05) is 17.5 Å². The maximum absolute atomic E-state index is 14.4. The summed E-state index contributed by atoms with van der Waals surface area (Å²) in [5, 5.41) is 0. The number of halogens is 2. The predicted molar refractivity (Wildman–Crippen MR) is 105 cm³/mol. The minimum Gasteiger partial charge on any atom is -0.465 e. The van der Waals surface area contributed by atoms with Crippen LogP contribution in [0.4, 0.5) is 4.39 Å². The number of carbonyl (C=O) groups excluding carboxylic acids is 1. The number of aryl methyl sites for hydroxylation is 1. The Morgan fingerprint density at radius 3 is 2.93 bits per heavy atom. The maximum atomic E-state index is 14.4. The number of methoxy groups -OCH3 is 1. The first kappa shape index (κ1) is 18.6. The van der Waals surface area contributed by atoms with Crippen molar-refractivity contribution in [1.29, 1.82) is 0 Å². The number of benzene rings is 1. The van der Waals surface area contributed by atoms with Crippen LogP contribution in [-0.4, -0.2) is 35.3 Å². The van der Waals surface area contributed by atoms with Crippen LogP contribution in [-0.2, 0) is 22.4 Å². The molecule has 3 aromatic rings. The first-order chi connectivity index (χ1) is 13.0. The number of hydrogen-bond acceptors (Lipinski definition) is 5. The van der Waals surface area contributed by atoms with E-state index in [9.17, 15) is 9.18 Å². The predicted octanol–water partition coefficient (Wildman–Crippen LogP) is 4.47. The molecule has 0 aliphatic carbocycles. The van der Waals surface area contributed by atoms with E-state index in [-0.39, 0.29) is 17.9 Å². The molecule has 2 aromatic heterocycles. The van der Waals surface area contributed by atoms with Gasteiger partial charge < -0.3 is 14.0 Å². The molecule has 0 spiro atoms. The van der Waals surface area contributed by atoms with Crippen LogP contribution in [0.1, 0.15) is 33.0 Å². The number of fused-ring (bicyclic) bond motifs is 1. The van der Waals surface area contributed by atoms with Crippen molar-refractivity contribution < 1.29 is 18.7 Å². The van der Waals surface area contributed by atoms with Gasteiger partial charge in [-0.25, -0.2) is 14.2 Å². The second kappa shape index (κ2) is 7.33. The van der Waals surface area contributed by atoms with Crippen molar-refractivity contribution in [3.8, 4) is 0 Å². The summed E-state index contributed by atoms with van der Waals surface area (Å²) in [6, 6.07) is 5.13. The number of imidazole rings is 1. The Morgan fingerprint density at radius 1 is 1.48 bits per heavy atom. The molecule has 1 aromatic carbocycles. The molecule has 0 bridgehead atoms. The summed E-state index contributed by atoms with van der Waals surface area (Å²) in [4.78, 5) is 17.8. The lowest BCUT2D eigenvalue weighted by atomic mass is 10.1. The largest absolute Gasteiger partial charge is 0.465 e. The number of rotatable bonds is 5. The minimum atomic E-state index is -0.374. The van der Waals surface area contributed by atoms with Crippen LogP contribution in [0, 0.1) is 12.7 Å². The van der Waals surface area contributed by atoms with E-state index in [2.05, 4.69) is 20.9 Å². The van der Waals surface area contributed by atoms with Gasteiger partial charge >= 0.3 is 5.97 Å². The molecule has 1 atom stereocenters. The lowest BCUT2D eigenvalue weighted by Crippen LogP contribution is -2.31. The van der Waals surface area contributed by atoms with E-state index in [0.717, 1.165) is 39.2 Å². The number of aromatic nitrogens is 2. The quantitative estimate of drug-likeness (QED) is 0.535. The zero-order valence-corrected chi connectivity index (χ0v) is 17.3. The molecular formula is C19H18BrFN2O3S. The summed E-state index contributed by atoms with van der Waals surface area (Å²) in [7, 11) is 1.36. The highest BCUT2D eigenvalue weighted by molar-refractivity contribution is 9.10. The minimum absolute atomic E-state index is 0.124. The molecule has 0 unspecified atom stereocenters. The number of nitrogens with zero attached hydrogens (tertiary/aromatic N) is 2. The number of hydrogen-bond donors (Lipinski definition) is 0. The average molecular weight is 453 g/mol. The summed E-state index contributed by atoms with van der Waals surface area (Å²) in [6.07, 6.45) is 1.49.